The van der Waals surface area contributed by atoms with E-state index in [4.69, 9.17) is 41.9 Å². The van der Waals surface area contributed by atoms with E-state index in [1.165, 1.54) is 0 Å². The van der Waals surface area contributed by atoms with Gasteiger partial charge in [0.15, 0.2) is 18.2 Å². The monoisotopic (exact) mass is 565 g/mol. The summed E-state index contributed by atoms with van der Waals surface area (Å²) in [4.78, 5) is 13.0. The number of amides is 1. The van der Waals surface area contributed by atoms with Gasteiger partial charge in [-0.3, -0.25) is 15.6 Å². The zero-order valence-electron chi connectivity index (χ0n) is 21.5. The molecule has 0 bridgehead atoms. The van der Waals surface area contributed by atoms with Crippen molar-refractivity contribution in [2.75, 3.05) is 26.2 Å². The van der Waals surface area contributed by atoms with Gasteiger partial charge in [-0.1, -0.05) is 0 Å². The smallest absolute Gasteiger partial charge is 0.255 e. The van der Waals surface area contributed by atoms with E-state index >= 15 is 0 Å². The zero-order valence-corrected chi connectivity index (χ0v) is 21.5. The summed E-state index contributed by atoms with van der Waals surface area (Å²) in [6, 6.07) is -3.55. The maximum atomic E-state index is 13.0. The summed E-state index contributed by atoms with van der Waals surface area (Å²) in [5.74, 6) is -0.744. The second kappa shape index (κ2) is 12.8. The summed E-state index contributed by atoms with van der Waals surface area (Å²) < 4.78 is 23.4. The first-order valence-electron chi connectivity index (χ1n) is 13.2. The molecule has 1 amide bonds. The van der Waals surface area contributed by atoms with Crippen LogP contribution in [0.15, 0.2) is 0 Å². The number of hydrogen-bond acceptors (Lipinski definition) is 16. The molecule has 0 spiro atoms. The van der Waals surface area contributed by atoms with Crippen LogP contribution in [-0.2, 0) is 23.7 Å². The number of nitrogens with two attached hydrogens (primary N) is 4. The number of aliphatic hydroxyl groups excluding tert-OH is 4. The number of β-amino-alcohol motifs (C(OH)–C–C–N with tert-alkyl or cyclic N) is 1. The number of nitrogens with one attached hydrogen (secondary N) is 3. The van der Waals surface area contributed by atoms with E-state index in [1.807, 2.05) is 0 Å². The van der Waals surface area contributed by atoms with Gasteiger partial charge in [-0.05, 0) is 19.3 Å². The van der Waals surface area contributed by atoms with Crippen LogP contribution < -0.4 is 39.1 Å². The highest BCUT2D eigenvalue weighted by Gasteiger charge is 2.52. The van der Waals surface area contributed by atoms with Crippen molar-refractivity contribution in [3.05, 3.63) is 0 Å². The van der Waals surface area contributed by atoms with Gasteiger partial charge < -0.3 is 72.7 Å². The first kappa shape index (κ1) is 30.8. The third-order valence-corrected chi connectivity index (χ3v) is 7.92. The van der Waals surface area contributed by atoms with Gasteiger partial charge in [0, 0.05) is 25.7 Å². The average Bonchev–Trinajstić information content (AvgIpc) is 3.37. The van der Waals surface area contributed by atoms with Crippen LogP contribution in [0.4, 0.5) is 0 Å². The summed E-state index contributed by atoms with van der Waals surface area (Å²) in [6.45, 7) is -0.483. The molecule has 1 aliphatic carbocycles. The second-order valence-corrected chi connectivity index (χ2v) is 10.8. The fourth-order valence-electron chi connectivity index (χ4n) is 5.40. The Balaban J connectivity index is 1.55. The standard InChI is InChI=1S/C22H43N7O10/c23-4-8-1-2-9(24)19(36-8)38-17-10(25)3-11(29-21(34)22(35)6-27-28-7-22)18(16(17)33)39-20-15(32)13(26)14(31)12(5-30)37-20/h8-20,27-28,30-33,35H,1-7,23-26H2,(H,29,34). The normalized spacial score (nSPS) is 46.6. The van der Waals surface area contributed by atoms with Gasteiger partial charge in [-0.15, -0.1) is 0 Å². The molecule has 4 aliphatic rings. The topological polar surface area (TPSA) is 295 Å². The fourth-order valence-corrected chi connectivity index (χ4v) is 5.40. The minimum Gasteiger partial charge on any atom is -0.394 e. The minimum atomic E-state index is -1.78. The molecule has 0 aromatic carbocycles. The third-order valence-electron chi connectivity index (χ3n) is 7.92. The van der Waals surface area contributed by atoms with Crippen molar-refractivity contribution in [2.45, 2.75) is 104 Å². The van der Waals surface area contributed by atoms with E-state index in [-0.39, 0.29) is 32.2 Å². The second-order valence-electron chi connectivity index (χ2n) is 10.8. The number of aliphatic hydroxyl groups is 5. The Morgan fingerprint density at radius 1 is 0.949 bits per heavy atom. The van der Waals surface area contributed by atoms with Gasteiger partial charge in [-0.2, -0.15) is 0 Å². The maximum Gasteiger partial charge on any atom is 0.255 e. The molecule has 3 saturated heterocycles. The molecule has 1 saturated carbocycles. The van der Waals surface area contributed by atoms with Crippen LogP contribution in [0, 0.1) is 0 Å². The van der Waals surface area contributed by atoms with Crippen molar-refractivity contribution >= 4 is 5.91 Å². The lowest BCUT2D eigenvalue weighted by Crippen LogP contribution is -2.69. The number of hydrogen-bond donors (Lipinski definition) is 12. The Kier molecular flexibility index (Phi) is 10.1. The number of ether oxygens (including phenoxy) is 4. The first-order chi connectivity index (χ1) is 18.5. The minimum absolute atomic E-state index is 0.0261. The maximum absolute atomic E-state index is 13.0. The van der Waals surface area contributed by atoms with Crippen LogP contribution in [0.2, 0.25) is 0 Å². The zero-order chi connectivity index (χ0) is 28.5. The molecule has 3 aliphatic heterocycles. The molecule has 4 rings (SSSR count). The Morgan fingerprint density at radius 3 is 2.26 bits per heavy atom. The summed E-state index contributed by atoms with van der Waals surface area (Å²) in [6.07, 6.45) is -9.42. The predicted octanol–water partition coefficient (Wildman–Crippen LogP) is -7.27. The lowest BCUT2D eigenvalue weighted by Gasteiger charge is -2.48. The molecular formula is C22H43N7O10. The molecule has 0 aromatic rings. The molecule has 39 heavy (non-hydrogen) atoms. The number of carbonyl (C=O) groups is 1. The number of rotatable bonds is 8. The average molecular weight is 566 g/mol. The largest absolute Gasteiger partial charge is 0.394 e. The summed E-state index contributed by atoms with van der Waals surface area (Å²) in [5.41, 5.74) is 27.8. The Bertz CT molecular complexity index is 824. The van der Waals surface area contributed by atoms with Crippen LogP contribution in [-0.4, -0.2) is 143 Å². The van der Waals surface area contributed by atoms with Crippen molar-refractivity contribution in [1.29, 1.82) is 0 Å². The van der Waals surface area contributed by atoms with E-state index in [2.05, 4.69) is 16.2 Å². The van der Waals surface area contributed by atoms with Crippen molar-refractivity contribution in [3.8, 4) is 0 Å². The molecule has 17 nitrogen and oxygen atoms in total. The van der Waals surface area contributed by atoms with Crippen molar-refractivity contribution in [2.24, 2.45) is 22.9 Å². The SMILES string of the molecule is NCC1CCC(N)C(OC2C(N)CC(NC(=O)C3(O)CNNC3)C(OC3OC(CO)C(O)C(N)C3O)C2O)O1. The molecule has 13 unspecified atom stereocenters. The molecule has 13 atom stereocenters. The van der Waals surface area contributed by atoms with Gasteiger partial charge in [0.2, 0.25) is 0 Å². The van der Waals surface area contributed by atoms with E-state index in [0.717, 1.165) is 0 Å². The summed E-state index contributed by atoms with van der Waals surface area (Å²) in [7, 11) is 0. The quantitative estimate of drug-likeness (QED) is 0.130. The molecule has 17 heteroatoms. The Morgan fingerprint density at radius 2 is 1.62 bits per heavy atom. The number of carbonyl (C=O) groups excluding carboxylic acids is 1. The van der Waals surface area contributed by atoms with Crippen LogP contribution in [0.25, 0.3) is 0 Å². The van der Waals surface area contributed by atoms with Crippen LogP contribution >= 0.6 is 0 Å². The number of hydrazine groups is 1. The molecule has 0 aromatic heterocycles. The van der Waals surface area contributed by atoms with E-state index < -0.39 is 91.5 Å². The highest BCUT2D eigenvalue weighted by molar-refractivity contribution is 5.86. The summed E-state index contributed by atoms with van der Waals surface area (Å²) in [5, 5.41) is 55.2. The predicted molar refractivity (Wildman–Crippen MR) is 132 cm³/mol. The van der Waals surface area contributed by atoms with E-state index in [0.29, 0.717) is 12.8 Å². The van der Waals surface area contributed by atoms with Crippen molar-refractivity contribution < 1.29 is 49.3 Å². The molecule has 226 valence electrons. The van der Waals surface area contributed by atoms with Crippen molar-refractivity contribution in [1.82, 2.24) is 16.2 Å². The lowest BCUT2D eigenvalue weighted by atomic mass is 9.83. The van der Waals surface area contributed by atoms with Gasteiger partial charge in [0.25, 0.3) is 5.91 Å². The third kappa shape index (κ3) is 6.53. The molecule has 16 N–H and O–H groups in total. The van der Waals surface area contributed by atoms with Crippen LogP contribution in [0.5, 0.6) is 0 Å². The Hall–Kier alpha value is -1.13. The summed E-state index contributed by atoms with van der Waals surface area (Å²) >= 11 is 0. The molecule has 4 fully saturated rings. The van der Waals surface area contributed by atoms with Crippen LogP contribution in [0.1, 0.15) is 19.3 Å². The first-order valence-corrected chi connectivity index (χ1v) is 13.2. The lowest BCUT2D eigenvalue weighted by molar-refractivity contribution is -0.314. The Labute approximate surface area is 225 Å². The highest BCUT2D eigenvalue weighted by Crippen LogP contribution is 2.31. The molecular weight excluding hydrogens is 522 g/mol. The van der Waals surface area contributed by atoms with Gasteiger partial charge >= 0.3 is 0 Å². The highest BCUT2D eigenvalue weighted by atomic mass is 16.7. The van der Waals surface area contributed by atoms with E-state index in [9.17, 15) is 30.3 Å². The van der Waals surface area contributed by atoms with Crippen LogP contribution in [0.3, 0.4) is 0 Å². The van der Waals surface area contributed by atoms with E-state index in [1.54, 1.807) is 0 Å². The van der Waals surface area contributed by atoms with Gasteiger partial charge in [-0.25, -0.2) is 0 Å². The molecule has 3 heterocycles. The molecule has 0 radical (unpaired) electrons. The fraction of sp³-hybridized carbons (Fsp3) is 0.955. The van der Waals surface area contributed by atoms with Crippen molar-refractivity contribution in [3.63, 3.8) is 0 Å². The van der Waals surface area contributed by atoms with Gasteiger partial charge in [0.05, 0.1) is 30.8 Å². The van der Waals surface area contributed by atoms with Gasteiger partial charge in [0.1, 0.15) is 36.6 Å².